The van der Waals surface area contributed by atoms with E-state index in [0.29, 0.717) is 22.9 Å². The molecule has 0 aliphatic heterocycles. The van der Waals surface area contributed by atoms with Crippen molar-refractivity contribution in [1.82, 2.24) is 15.0 Å². The maximum atomic E-state index is 10.2. The van der Waals surface area contributed by atoms with E-state index in [1.807, 2.05) is 26.0 Å². The lowest BCUT2D eigenvalue weighted by molar-refractivity contribution is 0.471. The molecule has 0 atom stereocenters. The normalized spacial score (nSPS) is 14.0. The fraction of sp³-hybridized carbons (Fsp3) is 0.316. The zero-order chi connectivity index (χ0) is 17.7. The lowest BCUT2D eigenvalue weighted by Crippen LogP contribution is -2.21. The summed E-state index contributed by atoms with van der Waals surface area (Å²) in [5.74, 6) is 1.49. The van der Waals surface area contributed by atoms with Crippen LogP contribution < -0.4 is 10.6 Å². The fourth-order valence-corrected chi connectivity index (χ4v) is 3.31. The maximum Gasteiger partial charge on any atom is 0.153 e. The van der Waals surface area contributed by atoms with Gasteiger partial charge in [0, 0.05) is 18.7 Å². The van der Waals surface area contributed by atoms with Crippen LogP contribution in [0.1, 0.15) is 24.0 Å². The number of nitrogens with two attached hydrogens (primary N) is 1. The minimum Gasteiger partial charge on any atom is -0.508 e. The van der Waals surface area contributed by atoms with Crippen molar-refractivity contribution in [2.24, 2.45) is 0 Å². The van der Waals surface area contributed by atoms with Crippen molar-refractivity contribution in [2.75, 3.05) is 17.7 Å². The van der Waals surface area contributed by atoms with E-state index < -0.39 is 0 Å². The van der Waals surface area contributed by atoms with E-state index in [1.54, 1.807) is 6.07 Å². The van der Waals surface area contributed by atoms with Gasteiger partial charge in [0.2, 0.25) is 0 Å². The van der Waals surface area contributed by atoms with Crippen LogP contribution >= 0.6 is 0 Å². The maximum absolute atomic E-state index is 10.2. The van der Waals surface area contributed by atoms with Gasteiger partial charge in [-0.05, 0) is 55.5 Å². The molecule has 1 aliphatic rings. The Hall–Kier alpha value is -2.89. The number of aryl methyl sites for hydroxylation is 1. The highest BCUT2D eigenvalue weighted by Crippen LogP contribution is 2.39. The molecule has 128 valence electrons. The average molecular weight is 335 g/mol. The van der Waals surface area contributed by atoms with Crippen LogP contribution in [0.4, 0.5) is 11.6 Å². The molecular formula is C19H21N5O. The molecule has 0 bridgehead atoms. The molecule has 3 aromatic rings. The predicted octanol–water partition coefficient (Wildman–Crippen LogP) is 3.20. The lowest BCUT2D eigenvalue weighted by atomic mass is 9.94. The highest BCUT2D eigenvalue weighted by atomic mass is 16.3. The van der Waals surface area contributed by atoms with E-state index in [2.05, 4.69) is 21.9 Å². The number of hydrogen-bond donors (Lipinski definition) is 2. The van der Waals surface area contributed by atoms with Crippen LogP contribution in [-0.2, 0) is 0 Å². The van der Waals surface area contributed by atoms with Crippen LogP contribution in [0.3, 0.4) is 0 Å². The summed E-state index contributed by atoms with van der Waals surface area (Å²) < 4.78 is 0. The molecule has 4 rings (SSSR count). The molecule has 1 saturated carbocycles. The summed E-state index contributed by atoms with van der Waals surface area (Å²) in [7, 11) is 2.05. The Morgan fingerprint density at radius 1 is 1.16 bits per heavy atom. The monoisotopic (exact) mass is 335 g/mol. The smallest absolute Gasteiger partial charge is 0.153 e. The van der Waals surface area contributed by atoms with Crippen LogP contribution in [0.5, 0.6) is 5.75 Å². The van der Waals surface area contributed by atoms with E-state index in [9.17, 15) is 5.11 Å². The summed E-state index contributed by atoms with van der Waals surface area (Å²) in [4.78, 5) is 15.4. The van der Waals surface area contributed by atoms with Gasteiger partial charge >= 0.3 is 0 Å². The number of phenols is 1. The van der Waals surface area contributed by atoms with Gasteiger partial charge in [0.15, 0.2) is 5.82 Å². The Balaban J connectivity index is 2.06. The minimum atomic E-state index is 0.268. The second-order valence-corrected chi connectivity index (χ2v) is 6.73. The molecule has 6 nitrogen and oxygen atoms in total. The van der Waals surface area contributed by atoms with Crippen LogP contribution in [0.15, 0.2) is 24.5 Å². The van der Waals surface area contributed by atoms with Crippen molar-refractivity contribution in [3.8, 4) is 16.9 Å². The van der Waals surface area contributed by atoms with E-state index in [-0.39, 0.29) is 5.75 Å². The van der Waals surface area contributed by atoms with Crippen LogP contribution in [0.25, 0.3) is 22.2 Å². The molecule has 0 radical (unpaired) electrons. The zero-order valence-corrected chi connectivity index (χ0v) is 14.6. The van der Waals surface area contributed by atoms with Gasteiger partial charge in [0.25, 0.3) is 0 Å². The number of phenolic OH excluding ortho intramolecular Hbond substituents is 1. The van der Waals surface area contributed by atoms with Gasteiger partial charge in [-0.25, -0.2) is 15.0 Å². The molecule has 1 fully saturated rings. The van der Waals surface area contributed by atoms with Crippen LogP contribution in [0.2, 0.25) is 0 Å². The standard InChI is InChI=1S/C19H21N5O/c1-10-4-7-14(25)11(2)16(10)13-8-15(24(3)12-5-6-12)23-18-17(13)21-9-22-19(18)20/h4,7-9,12,25H,5-6H2,1-3H3,(H2,20,21,22). The molecule has 0 saturated heterocycles. The number of aromatic hydroxyl groups is 1. The number of aromatic nitrogens is 3. The quantitative estimate of drug-likeness (QED) is 0.764. The molecule has 0 unspecified atom stereocenters. The van der Waals surface area contributed by atoms with Gasteiger partial charge in [0.05, 0.1) is 0 Å². The van der Waals surface area contributed by atoms with Gasteiger partial charge in [-0.2, -0.15) is 0 Å². The average Bonchev–Trinajstić information content (AvgIpc) is 3.43. The molecule has 1 aliphatic carbocycles. The molecule has 2 aromatic heterocycles. The molecule has 1 aromatic carbocycles. The highest BCUT2D eigenvalue weighted by Gasteiger charge is 2.28. The van der Waals surface area contributed by atoms with E-state index in [4.69, 9.17) is 10.7 Å². The number of pyridine rings is 1. The molecule has 6 heteroatoms. The lowest BCUT2D eigenvalue weighted by Gasteiger charge is -2.21. The van der Waals surface area contributed by atoms with E-state index in [1.165, 1.54) is 19.2 Å². The Bertz CT molecular complexity index is 981. The number of anilines is 2. The van der Waals surface area contributed by atoms with Gasteiger partial charge in [0.1, 0.15) is 28.9 Å². The van der Waals surface area contributed by atoms with Crippen LogP contribution in [-0.4, -0.2) is 33.1 Å². The summed E-state index contributed by atoms with van der Waals surface area (Å²) >= 11 is 0. The number of rotatable bonds is 3. The second-order valence-electron chi connectivity index (χ2n) is 6.73. The number of benzene rings is 1. The molecular weight excluding hydrogens is 314 g/mol. The third-order valence-electron chi connectivity index (χ3n) is 4.98. The molecule has 2 heterocycles. The number of nitrogens with zero attached hydrogens (tertiary/aromatic N) is 4. The largest absolute Gasteiger partial charge is 0.508 e. The Labute approximate surface area is 146 Å². The summed E-state index contributed by atoms with van der Waals surface area (Å²) in [5, 5.41) is 10.2. The summed E-state index contributed by atoms with van der Waals surface area (Å²) in [6.07, 6.45) is 3.81. The Morgan fingerprint density at radius 2 is 1.92 bits per heavy atom. The summed E-state index contributed by atoms with van der Waals surface area (Å²) in [6.45, 7) is 3.95. The first-order valence-electron chi connectivity index (χ1n) is 8.41. The molecule has 0 spiro atoms. The molecule has 0 amide bonds. The highest BCUT2D eigenvalue weighted by molar-refractivity contribution is 5.99. The minimum absolute atomic E-state index is 0.268. The zero-order valence-electron chi connectivity index (χ0n) is 14.6. The van der Waals surface area contributed by atoms with Crippen molar-refractivity contribution < 1.29 is 5.11 Å². The van der Waals surface area contributed by atoms with E-state index >= 15 is 0 Å². The summed E-state index contributed by atoms with van der Waals surface area (Å²) in [5.41, 5.74) is 11.2. The third kappa shape index (κ3) is 2.54. The van der Waals surface area contributed by atoms with Crippen molar-refractivity contribution >= 4 is 22.7 Å². The molecule has 25 heavy (non-hydrogen) atoms. The van der Waals surface area contributed by atoms with Crippen molar-refractivity contribution in [2.45, 2.75) is 32.7 Å². The predicted molar refractivity (Wildman–Crippen MR) is 99.7 cm³/mol. The third-order valence-corrected chi connectivity index (χ3v) is 4.98. The Kier molecular flexibility index (Phi) is 3.49. The van der Waals surface area contributed by atoms with E-state index in [0.717, 1.165) is 28.1 Å². The van der Waals surface area contributed by atoms with Gasteiger partial charge in [-0.15, -0.1) is 0 Å². The first-order chi connectivity index (χ1) is 12.0. The number of fused-ring (bicyclic) bond motifs is 1. The van der Waals surface area contributed by atoms with Crippen molar-refractivity contribution in [1.29, 1.82) is 0 Å². The van der Waals surface area contributed by atoms with Crippen molar-refractivity contribution in [3.05, 3.63) is 35.7 Å². The van der Waals surface area contributed by atoms with Crippen molar-refractivity contribution in [3.63, 3.8) is 0 Å². The SMILES string of the molecule is Cc1ccc(O)c(C)c1-c1cc(N(C)C2CC2)nc2c(N)ncnc12. The van der Waals surface area contributed by atoms with Gasteiger partial charge < -0.3 is 15.7 Å². The number of nitrogen functional groups attached to an aromatic ring is 1. The summed E-state index contributed by atoms with van der Waals surface area (Å²) in [6, 6.07) is 6.20. The van der Waals surface area contributed by atoms with Gasteiger partial charge in [-0.1, -0.05) is 6.07 Å². The first-order valence-corrected chi connectivity index (χ1v) is 8.41. The fourth-order valence-electron chi connectivity index (χ4n) is 3.31. The van der Waals surface area contributed by atoms with Gasteiger partial charge in [-0.3, -0.25) is 0 Å². The van der Waals surface area contributed by atoms with Crippen LogP contribution in [0, 0.1) is 13.8 Å². The first kappa shape index (κ1) is 15.6. The topological polar surface area (TPSA) is 88.2 Å². The Morgan fingerprint density at radius 3 is 2.64 bits per heavy atom. The number of hydrogen-bond acceptors (Lipinski definition) is 6. The second kappa shape index (κ2) is 5.58. The molecule has 3 N–H and O–H groups in total.